The van der Waals surface area contributed by atoms with Crippen LogP contribution in [0.2, 0.25) is 0 Å². The Kier molecular flexibility index (Phi) is 5.52. The smallest absolute Gasteiger partial charge is 0.299 e. The van der Waals surface area contributed by atoms with Crippen LogP contribution in [0.1, 0.15) is 42.7 Å². The van der Waals surface area contributed by atoms with E-state index in [0.717, 1.165) is 58.1 Å². The summed E-state index contributed by atoms with van der Waals surface area (Å²) in [6.45, 7) is 3.59. The lowest BCUT2D eigenvalue weighted by Crippen LogP contribution is -2.34. The molecule has 2 N–H and O–H groups in total. The van der Waals surface area contributed by atoms with Gasteiger partial charge >= 0.3 is 0 Å². The van der Waals surface area contributed by atoms with Crippen molar-refractivity contribution in [2.24, 2.45) is 7.05 Å². The van der Waals surface area contributed by atoms with Gasteiger partial charge < -0.3 is 10.3 Å². The van der Waals surface area contributed by atoms with Crippen LogP contribution in [0.25, 0.3) is 27.7 Å². The van der Waals surface area contributed by atoms with E-state index in [1.807, 2.05) is 44.3 Å². The van der Waals surface area contributed by atoms with Crippen molar-refractivity contribution in [3.63, 3.8) is 0 Å². The summed E-state index contributed by atoms with van der Waals surface area (Å²) in [6, 6.07) is 0.000383. The number of fused-ring (bicyclic) bond motifs is 1. The molecule has 0 saturated heterocycles. The van der Waals surface area contributed by atoms with Gasteiger partial charge in [-0.25, -0.2) is 4.98 Å². The number of amides is 1. The van der Waals surface area contributed by atoms with Crippen LogP contribution >= 0.6 is 0 Å². The van der Waals surface area contributed by atoms with Gasteiger partial charge in [-0.15, -0.1) is 10.6 Å². The maximum atomic E-state index is 12.0. The molecule has 7 nitrogen and oxygen atoms in total. The molecule has 0 radical (unpaired) electrons. The molecule has 2 unspecified atom stereocenters. The first-order valence-corrected chi connectivity index (χ1v) is 11.1. The van der Waals surface area contributed by atoms with E-state index in [2.05, 4.69) is 44.6 Å². The van der Waals surface area contributed by atoms with Crippen LogP contribution in [0.5, 0.6) is 0 Å². The van der Waals surface area contributed by atoms with Gasteiger partial charge in [0.25, 0.3) is 12.4 Å². The van der Waals surface area contributed by atoms with E-state index in [0.29, 0.717) is 6.42 Å². The Hall–Kier alpha value is -4.14. The lowest BCUT2D eigenvalue weighted by atomic mass is 9.85. The summed E-state index contributed by atoms with van der Waals surface area (Å²) >= 11 is 0. The largest absolute Gasteiger partial charge is 0.350 e. The van der Waals surface area contributed by atoms with E-state index < -0.39 is 0 Å². The number of nitrogens with zero attached hydrogens (tertiary/aromatic N) is 4. The van der Waals surface area contributed by atoms with Crippen LogP contribution in [0.15, 0.2) is 43.5 Å². The Labute approximate surface area is 192 Å². The Morgan fingerprint density at radius 2 is 2.30 bits per heavy atom. The maximum Gasteiger partial charge on any atom is 0.299 e. The number of nitrogens with one attached hydrogen (secondary N) is 2. The summed E-state index contributed by atoms with van der Waals surface area (Å²) in [5, 5.41) is 8.51. The van der Waals surface area contributed by atoms with Crippen LogP contribution in [-0.2, 0) is 11.8 Å². The quantitative estimate of drug-likeness (QED) is 0.365. The topological polar surface area (TPSA) is 89.7 Å². The molecule has 0 bridgehead atoms. The SMILES string of the molecule is C=CC(=O)NC1CCC#CC(c2c(-c3cnn(C)c3)cnc3[nH]cc(C4=CCC=[N+]=C4)c23)C1. The number of hydrogen-bond donors (Lipinski definition) is 2. The summed E-state index contributed by atoms with van der Waals surface area (Å²) in [5.41, 5.74) is 6.05. The van der Waals surface area contributed by atoms with Crippen molar-refractivity contribution in [2.45, 2.75) is 37.6 Å². The standard InChI is InChI=1S/C26H24N6O/c1-3-23(33)31-20-9-5-4-7-17(11-20)24-22(19-13-30-32(2)16-19)15-29-26-25(24)21(14-28-26)18-8-6-10-27-12-18/h3,8,10,12-17,20H,1,5-6,9,11H2,2H3,(H-,28,29,31,33)/p+1. The zero-order chi connectivity index (χ0) is 22.8. The molecule has 1 aliphatic heterocycles. The summed E-state index contributed by atoms with van der Waals surface area (Å²) in [5.74, 6) is 6.59. The molecule has 1 amide bonds. The molecule has 7 heteroatoms. The third-order valence-electron chi connectivity index (χ3n) is 6.13. The van der Waals surface area contributed by atoms with Crippen LogP contribution in [-0.4, -0.2) is 44.1 Å². The Morgan fingerprint density at radius 1 is 1.39 bits per heavy atom. The van der Waals surface area contributed by atoms with Gasteiger partial charge in [0.05, 0.1) is 18.2 Å². The summed E-state index contributed by atoms with van der Waals surface area (Å²) in [7, 11) is 1.91. The van der Waals surface area contributed by atoms with Crippen LogP contribution in [0, 0.1) is 11.8 Å². The number of rotatable bonds is 5. The second-order valence-corrected chi connectivity index (χ2v) is 8.33. The number of carbonyl (C=O) groups is 1. The fourth-order valence-electron chi connectivity index (χ4n) is 4.59. The van der Waals surface area contributed by atoms with E-state index >= 15 is 0 Å². The first kappa shape index (κ1) is 20.7. The van der Waals surface area contributed by atoms with Gasteiger partial charge in [0.1, 0.15) is 5.65 Å². The Morgan fingerprint density at radius 3 is 3.06 bits per heavy atom. The highest BCUT2D eigenvalue weighted by atomic mass is 16.1. The van der Waals surface area contributed by atoms with Crippen molar-refractivity contribution in [3.8, 4) is 23.0 Å². The van der Waals surface area contributed by atoms with E-state index in [1.54, 1.807) is 4.68 Å². The monoisotopic (exact) mass is 437 g/mol. The third kappa shape index (κ3) is 4.05. The summed E-state index contributed by atoms with van der Waals surface area (Å²) in [4.78, 5) is 20.1. The number of aryl methyl sites for hydroxylation is 1. The van der Waals surface area contributed by atoms with E-state index in [4.69, 9.17) is 4.98 Å². The van der Waals surface area contributed by atoms with E-state index in [9.17, 15) is 4.79 Å². The molecule has 33 heavy (non-hydrogen) atoms. The van der Waals surface area contributed by atoms with Gasteiger partial charge in [-0.1, -0.05) is 18.6 Å². The lowest BCUT2D eigenvalue weighted by Gasteiger charge is -2.22. The van der Waals surface area contributed by atoms with Crippen LogP contribution in [0.3, 0.4) is 0 Å². The predicted molar refractivity (Wildman–Crippen MR) is 132 cm³/mol. The second kappa shape index (κ2) is 8.78. The number of allylic oxidation sites excluding steroid dienone is 2. The van der Waals surface area contributed by atoms with E-state index in [1.165, 1.54) is 6.08 Å². The lowest BCUT2D eigenvalue weighted by molar-refractivity contribution is -0.117. The molecular formula is C26H25N6O+. The average Bonchev–Trinajstić information content (AvgIpc) is 3.40. The fraction of sp³-hybridized carbons (Fsp3) is 0.269. The number of aromatic nitrogens is 4. The van der Waals surface area contributed by atoms with Gasteiger partial charge in [0.2, 0.25) is 5.91 Å². The molecule has 0 saturated carbocycles. The second-order valence-electron chi connectivity index (χ2n) is 8.33. The van der Waals surface area contributed by atoms with Crippen molar-refractivity contribution in [2.75, 3.05) is 0 Å². The minimum absolute atomic E-state index is 0.000383. The van der Waals surface area contributed by atoms with Crippen molar-refractivity contribution >= 4 is 34.9 Å². The molecule has 1 aliphatic carbocycles. The number of aromatic amines is 1. The normalized spacial score (nSPS) is 19.5. The average molecular weight is 438 g/mol. The Balaban J connectivity index is 1.71. The fourth-order valence-corrected chi connectivity index (χ4v) is 4.59. The van der Waals surface area contributed by atoms with Crippen molar-refractivity contribution < 1.29 is 4.79 Å². The molecule has 4 heterocycles. The third-order valence-corrected chi connectivity index (χ3v) is 6.13. The number of carbonyl (C=O) groups excluding carboxylic acids is 1. The molecule has 0 spiro atoms. The molecule has 2 aliphatic rings. The van der Waals surface area contributed by atoms with Gasteiger partial charge in [0, 0.05) is 66.1 Å². The number of H-pyrrole nitrogens is 1. The van der Waals surface area contributed by atoms with Crippen molar-refractivity contribution in [3.05, 3.63) is 54.6 Å². The first-order chi connectivity index (χ1) is 16.1. The van der Waals surface area contributed by atoms with E-state index in [-0.39, 0.29) is 17.9 Å². The van der Waals surface area contributed by atoms with Crippen molar-refractivity contribution in [1.29, 1.82) is 0 Å². The molecule has 164 valence electrons. The van der Waals surface area contributed by atoms with Gasteiger partial charge in [-0.05, 0) is 24.5 Å². The highest BCUT2D eigenvalue weighted by Crippen LogP contribution is 2.40. The van der Waals surface area contributed by atoms with Gasteiger partial charge in [-0.3, -0.25) is 9.48 Å². The maximum absolute atomic E-state index is 12.0. The first-order valence-electron chi connectivity index (χ1n) is 11.1. The molecular weight excluding hydrogens is 412 g/mol. The molecule has 0 aromatic carbocycles. The molecule has 5 rings (SSSR count). The highest BCUT2D eigenvalue weighted by Gasteiger charge is 2.27. The molecule has 3 aromatic heterocycles. The zero-order valence-corrected chi connectivity index (χ0v) is 18.5. The van der Waals surface area contributed by atoms with Crippen LogP contribution in [0.4, 0.5) is 0 Å². The highest BCUT2D eigenvalue weighted by molar-refractivity contribution is 6.16. The minimum atomic E-state index is -0.157. The summed E-state index contributed by atoms with van der Waals surface area (Å²) in [6.07, 6.45) is 18.1. The minimum Gasteiger partial charge on any atom is -0.350 e. The molecule has 0 fully saturated rings. The van der Waals surface area contributed by atoms with Gasteiger partial charge in [-0.2, -0.15) is 5.10 Å². The number of pyridine rings is 1. The molecule has 2 atom stereocenters. The summed E-state index contributed by atoms with van der Waals surface area (Å²) < 4.78 is 6.16. The zero-order valence-electron chi connectivity index (χ0n) is 18.5. The Bertz CT molecular complexity index is 1400. The van der Waals surface area contributed by atoms with Crippen LogP contribution < -0.4 is 9.98 Å². The molecule has 3 aromatic rings. The number of hydrogen-bond acceptors (Lipinski definition) is 3. The van der Waals surface area contributed by atoms with Crippen molar-refractivity contribution in [1.82, 2.24) is 29.7 Å². The van der Waals surface area contributed by atoms with Gasteiger partial charge in [0.15, 0.2) is 0 Å². The predicted octanol–water partition coefficient (Wildman–Crippen LogP) is 2.90.